The van der Waals surface area contributed by atoms with Crippen molar-refractivity contribution in [3.05, 3.63) is 64.7 Å². The highest BCUT2D eigenvalue weighted by atomic mass is 16.1. The van der Waals surface area contributed by atoms with E-state index in [9.17, 15) is 4.79 Å². The molecule has 2 aromatic carbocycles. The fraction of sp³-hybridized carbons (Fsp3) is 0.333. The molecule has 2 rings (SSSR count). The minimum Gasteiger partial charge on any atom is -0.370 e. The predicted octanol–water partition coefficient (Wildman–Crippen LogP) is 3.76. The second-order valence-corrected chi connectivity index (χ2v) is 7.61. The molecular weight excluding hydrogens is 324 g/mol. The van der Waals surface area contributed by atoms with E-state index in [0.717, 1.165) is 22.4 Å². The van der Waals surface area contributed by atoms with Gasteiger partial charge in [0.05, 0.1) is 6.54 Å². The third-order valence-corrected chi connectivity index (χ3v) is 3.60. The van der Waals surface area contributed by atoms with Crippen molar-refractivity contribution >= 4 is 17.6 Å². The first kappa shape index (κ1) is 19.5. The Balaban J connectivity index is 2.05. The number of hydrogen-bond donors (Lipinski definition) is 3. The highest BCUT2D eigenvalue weighted by Gasteiger charge is 2.15. The van der Waals surface area contributed by atoms with Crippen molar-refractivity contribution in [3.63, 3.8) is 0 Å². The third kappa shape index (κ3) is 6.24. The quantitative estimate of drug-likeness (QED) is 0.579. The van der Waals surface area contributed by atoms with Crippen LogP contribution < -0.4 is 16.4 Å². The predicted molar refractivity (Wildman–Crippen MR) is 109 cm³/mol. The van der Waals surface area contributed by atoms with Gasteiger partial charge in [0.25, 0.3) is 5.91 Å². The molecular formula is C21H28N4O. The lowest BCUT2D eigenvalue weighted by molar-refractivity contribution is 0.0919. The summed E-state index contributed by atoms with van der Waals surface area (Å²) in [7, 11) is 0. The summed E-state index contributed by atoms with van der Waals surface area (Å²) in [6.07, 6.45) is 0. The Morgan fingerprint density at radius 2 is 1.73 bits per heavy atom. The van der Waals surface area contributed by atoms with Crippen LogP contribution >= 0.6 is 0 Å². The zero-order valence-corrected chi connectivity index (χ0v) is 16.2. The molecule has 0 saturated carbocycles. The molecule has 26 heavy (non-hydrogen) atoms. The van der Waals surface area contributed by atoms with E-state index in [1.807, 2.05) is 65.0 Å². The standard InChI is InChI=1S/C21H28N4O/c1-14-9-15(2)11-18(10-14)24-20(22)23-13-16-7-6-8-17(12-16)19(26)25-21(3,4)5/h6-12H,13H2,1-5H3,(H,25,26)(H3,22,23,24). The minimum atomic E-state index is -0.272. The highest BCUT2D eigenvalue weighted by Crippen LogP contribution is 2.14. The van der Waals surface area contributed by atoms with Crippen LogP contribution in [0.2, 0.25) is 0 Å². The van der Waals surface area contributed by atoms with Gasteiger partial charge < -0.3 is 16.4 Å². The average molecular weight is 352 g/mol. The Bertz CT molecular complexity index is 799. The van der Waals surface area contributed by atoms with Crippen LogP contribution in [0.5, 0.6) is 0 Å². The first-order chi connectivity index (χ1) is 12.1. The van der Waals surface area contributed by atoms with Crippen LogP contribution in [0.1, 0.15) is 47.8 Å². The summed E-state index contributed by atoms with van der Waals surface area (Å²) in [5.74, 6) is 0.254. The molecule has 138 valence electrons. The van der Waals surface area contributed by atoms with E-state index < -0.39 is 0 Å². The number of hydrogen-bond acceptors (Lipinski definition) is 2. The molecule has 0 saturated heterocycles. The van der Waals surface area contributed by atoms with E-state index in [2.05, 4.69) is 21.7 Å². The molecule has 0 unspecified atom stereocenters. The summed E-state index contributed by atoms with van der Waals surface area (Å²) in [6, 6.07) is 13.6. The van der Waals surface area contributed by atoms with Crippen LogP contribution in [0.4, 0.5) is 5.69 Å². The second kappa shape index (κ2) is 8.04. The molecule has 1 amide bonds. The van der Waals surface area contributed by atoms with Gasteiger partial charge in [-0.25, -0.2) is 4.99 Å². The highest BCUT2D eigenvalue weighted by molar-refractivity contribution is 5.95. The van der Waals surface area contributed by atoms with Gasteiger partial charge in [0, 0.05) is 16.8 Å². The van der Waals surface area contributed by atoms with Gasteiger partial charge in [0.1, 0.15) is 0 Å². The monoisotopic (exact) mass is 352 g/mol. The van der Waals surface area contributed by atoms with E-state index in [0.29, 0.717) is 18.1 Å². The largest absolute Gasteiger partial charge is 0.370 e. The molecule has 0 aliphatic heterocycles. The van der Waals surface area contributed by atoms with Crippen molar-refractivity contribution in [2.24, 2.45) is 10.7 Å². The number of carbonyl (C=O) groups excluding carboxylic acids is 1. The Morgan fingerprint density at radius 1 is 1.08 bits per heavy atom. The molecule has 5 heteroatoms. The number of nitrogens with one attached hydrogen (secondary N) is 2. The lowest BCUT2D eigenvalue weighted by atomic mass is 10.1. The number of benzene rings is 2. The molecule has 0 spiro atoms. The molecule has 0 heterocycles. The topological polar surface area (TPSA) is 79.5 Å². The number of amides is 1. The van der Waals surface area contributed by atoms with Crippen LogP contribution in [0.15, 0.2) is 47.5 Å². The number of aryl methyl sites for hydroxylation is 2. The summed E-state index contributed by atoms with van der Waals surface area (Å²) in [5.41, 5.74) is 10.5. The number of nitrogens with zero attached hydrogens (tertiary/aromatic N) is 1. The van der Waals surface area contributed by atoms with Crippen LogP contribution in [0.25, 0.3) is 0 Å². The fourth-order valence-corrected chi connectivity index (χ4v) is 2.63. The van der Waals surface area contributed by atoms with Crippen molar-refractivity contribution in [1.29, 1.82) is 0 Å². The SMILES string of the molecule is Cc1cc(C)cc(NC(N)=NCc2cccc(C(=O)NC(C)(C)C)c2)c1. The van der Waals surface area contributed by atoms with Crippen LogP contribution in [0.3, 0.4) is 0 Å². The molecule has 2 aromatic rings. The summed E-state index contributed by atoms with van der Waals surface area (Å²) < 4.78 is 0. The summed E-state index contributed by atoms with van der Waals surface area (Å²) in [5, 5.41) is 6.07. The van der Waals surface area contributed by atoms with Gasteiger partial charge in [-0.1, -0.05) is 18.2 Å². The maximum absolute atomic E-state index is 12.3. The Morgan fingerprint density at radius 3 is 2.35 bits per heavy atom. The number of carbonyl (C=O) groups is 1. The lowest BCUT2D eigenvalue weighted by Gasteiger charge is -2.20. The molecule has 0 radical (unpaired) electrons. The number of anilines is 1. The van der Waals surface area contributed by atoms with Crippen molar-refractivity contribution < 1.29 is 4.79 Å². The van der Waals surface area contributed by atoms with Crippen molar-refractivity contribution in [2.45, 2.75) is 46.7 Å². The zero-order valence-electron chi connectivity index (χ0n) is 16.2. The van der Waals surface area contributed by atoms with Crippen molar-refractivity contribution in [1.82, 2.24) is 5.32 Å². The maximum atomic E-state index is 12.3. The Hall–Kier alpha value is -2.82. The van der Waals surface area contributed by atoms with Crippen molar-refractivity contribution in [3.8, 4) is 0 Å². The number of guanidine groups is 1. The second-order valence-electron chi connectivity index (χ2n) is 7.61. The normalized spacial score (nSPS) is 12.0. The smallest absolute Gasteiger partial charge is 0.251 e. The van der Waals surface area contributed by atoms with Gasteiger partial charge in [-0.15, -0.1) is 0 Å². The van der Waals surface area contributed by atoms with Gasteiger partial charge in [0.2, 0.25) is 0 Å². The number of rotatable bonds is 4. The number of nitrogens with two attached hydrogens (primary N) is 1. The first-order valence-electron chi connectivity index (χ1n) is 8.69. The molecule has 0 bridgehead atoms. The van der Waals surface area contributed by atoms with Crippen molar-refractivity contribution in [2.75, 3.05) is 5.32 Å². The van der Waals surface area contributed by atoms with E-state index in [1.165, 1.54) is 0 Å². The van der Waals surface area contributed by atoms with Gasteiger partial charge in [-0.3, -0.25) is 4.79 Å². The molecule has 4 N–H and O–H groups in total. The molecule has 0 aliphatic rings. The molecule has 5 nitrogen and oxygen atoms in total. The first-order valence-corrected chi connectivity index (χ1v) is 8.69. The summed E-state index contributed by atoms with van der Waals surface area (Å²) >= 11 is 0. The number of aliphatic imine (C=N–C) groups is 1. The van der Waals surface area contributed by atoms with Gasteiger partial charge in [0.15, 0.2) is 5.96 Å². The van der Waals surface area contributed by atoms with E-state index >= 15 is 0 Å². The Kier molecular flexibility index (Phi) is 6.03. The minimum absolute atomic E-state index is 0.0929. The summed E-state index contributed by atoms with van der Waals surface area (Å²) in [4.78, 5) is 16.6. The van der Waals surface area contributed by atoms with E-state index in [4.69, 9.17) is 5.73 Å². The molecule has 0 aromatic heterocycles. The lowest BCUT2D eigenvalue weighted by Crippen LogP contribution is -2.40. The van der Waals surface area contributed by atoms with Gasteiger partial charge in [-0.05, 0) is 75.6 Å². The summed E-state index contributed by atoms with van der Waals surface area (Å²) in [6.45, 7) is 10.4. The molecule has 0 aliphatic carbocycles. The molecule has 0 fully saturated rings. The van der Waals surface area contributed by atoms with Gasteiger partial charge >= 0.3 is 0 Å². The van der Waals surface area contributed by atoms with E-state index in [-0.39, 0.29) is 11.4 Å². The Labute approximate surface area is 155 Å². The third-order valence-electron chi connectivity index (χ3n) is 3.60. The van der Waals surface area contributed by atoms with Crippen LogP contribution in [-0.2, 0) is 6.54 Å². The zero-order chi connectivity index (χ0) is 19.3. The fourth-order valence-electron chi connectivity index (χ4n) is 2.63. The van der Waals surface area contributed by atoms with Crippen LogP contribution in [-0.4, -0.2) is 17.4 Å². The van der Waals surface area contributed by atoms with Crippen LogP contribution in [0, 0.1) is 13.8 Å². The van der Waals surface area contributed by atoms with Gasteiger partial charge in [-0.2, -0.15) is 0 Å². The average Bonchev–Trinajstić information content (AvgIpc) is 2.50. The molecule has 0 atom stereocenters. The van der Waals surface area contributed by atoms with E-state index in [1.54, 1.807) is 6.07 Å². The maximum Gasteiger partial charge on any atom is 0.251 e.